The summed E-state index contributed by atoms with van der Waals surface area (Å²) in [7, 11) is -7.33. The SMILES string of the molecule is O=S(=O)(F)C(F)(F)CC(F)(C(F)(F)F)C(F)(F)C(F)=C(F)F. The lowest BCUT2D eigenvalue weighted by molar-refractivity contribution is -0.307. The van der Waals surface area contributed by atoms with Crippen molar-refractivity contribution < 1.29 is 60.6 Å². The summed E-state index contributed by atoms with van der Waals surface area (Å²) in [5, 5.41) is -6.40. The lowest BCUT2D eigenvalue weighted by Crippen LogP contribution is -2.59. The fourth-order valence-electron chi connectivity index (χ4n) is 1.05. The minimum atomic E-state index is -7.33. The number of alkyl halides is 8. The van der Waals surface area contributed by atoms with E-state index in [9.17, 15) is 60.6 Å². The van der Waals surface area contributed by atoms with E-state index in [1.165, 1.54) is 0 Å². The fourth-order valence-corrected chi connectivity index (χ4v) is 1.42. The highest BCUT2D eigenvalue weighted by atomic mass is 32.3. The number of halogens is 12. The van der Waals surface area contributed by atoms with Gasteiger partial charge in [-0.3, -0.25) is 0 Å². The molecule has 1 unspecified atom stereocenters. The van der Waals surface area contributed by atoms with E-state index in [2.05, 4.69) is 0 Å². The summed E-state index contributed by atoms with van der Waals surface area (Å²) in [4.78, 5) is 0. The second-order valence-corrected chi connectivity index (χ2v) is 5.17. The Hall–Kier alpha value is -1.15. The van der Waals surface area contributed by atoms with Crippen LogP contribution in [-0.4, -0.2) is 31.4 Å². The zero-order valence-electron chi connectivity index (χ0n) is 9.47. The molecule has 0 fully saturated rings. The summed E-state index contributed by atoms with van der Waals surface area (Å²) in [6.07, 6.45) is -15.5. The molecule has 0 rings (SSSR count). The number of hydrogen-bond acceptors (Lipinski definition) is 2. The Morgan fingerprint density at radius 2 is 1.18 bits per heavy atom. The van der Waals surface area contributed by atoms with E-state index in [1.807, 2.05) is 0 Å². The molecular weight excluding hydrogens is 376 g/mol. The van der Waals surface area contributed by atoms with Crippen LogP contribution < -0.4 is 0 Å². The van der Waals surface area contributed by atoms with Gasteiger partial charge in [-0.2, -0.15) is 52.3 Å². The van der Waals surface area contributed by atoms with E-state index in [0.717, 1.165) is 0 Å². The van der Waals surface area contributed by atoms with Crippen molar-refractivity contribution in [3.8, 4) is 0 Å². The summed E-state index contributed by atoms with van der Waals surface area (Å²) in [6.45, 7) is 0. The van der Waals surface area contributed by atoms with Crippen LogP contribution in [0.3, 0.4) is 0 Å². The molecule has 2 nitrogen and oxygen atoms in total. The van der Waals surface area contributed by atoms with Crippen molar-refractivity contribution in [2.75, 3.05) is 0 Å². The Morgan fingerprint density at radius 1 is 0.818 bits per heavy atom. The van der Waals surface area contributed by atoms with E-state index in [-0.39, 0.29) is 0 Å². The molecule has 0 spiro atoms. The van der Waals surface area contributed by atoms with E-state index >= 15 is 0 Å². The molecule has 0 aromatic heterocycles. The third-order valence-corrected chi connectivity index (χ3v) is 3.05. The Kier molecular flexibility index (Phi) is 5.20. The predicted octanol–water partition coefficient (Wildman–Crippen LogP) is 4.25. The average molecular weight is 378 g/mol. The topological polar surface area (TPSA) is 34.1 Å². The lowest BCUT2D eigenvalue weighted by Gasteiger charge is -2.34. The van der Waals surface area contributed by atoms with Crippen LogP contribution in [0.15, 0.2) is 11.9 Å². The Balaban J connectivity index is 6.34. The van der Waals surface area contributed by atoms with Crippen LogP contribution in [0.2, 0.25) is 0 Å². The van der Waals surface area contributed by atoms with Gasteiger partial charge >= 0.3 is 33.7 Å². The van der Waals surface area contributed by atoms with E-state index in [0.29, 0.717) is 0 Å². The summed E-state index contributed by atoms with van der Waals surface area (Å²) in [5.74, 6) is -11.3. The maximum Gasteiger partial charge on any atom is 0.429 e. The van der Waals surface area contributed by atoms with E-state index in [4.69, 9.17) is 0 Å². The molecule has 0 radical (unpaired) electrons. The molecular formula is C7H2F12O2S. The molecule has 0 aromatic carbocycles. The molecule has 0 aliphatic carbocycles. The van der Waals surface area contributed by atoms with Crippen LogP contribution in [0, 0.1) is 0 Å². The molecule has 0 N–H and O–H groups in total. The monoisotopic (exact) mass is 378 g/mol. The second kappa shape index (κ2) is 5.49. The summed E-state index contributed by atoms with van der Waals surface area (Å²) >= 11 is 0. The van der Waals surface area contributed by atoms with Gasteiger partial charge in [-0.25, -0.2) is 4.39 Å². The van der Waals surface area contributed by atoms with Crippen LogP contribution >= 0.6 is 0 Å². The van der Waals surface area contributed by atoms with Crippen LogP contribution in [0.4, 0.5) is 52.2 Å². The molecule has 0 saturated heterocycles. The molecule has 0 bridgehead atoms. The first-order valence-corrected chi connectivity index (χ1v) is 5.86. The summed E-state index contributed by atoms with van der Waals surface area (Å²) in [5.41, 5.74) is -6.84. The van der Waals surface area contributed by atoms with Gasteiger partial charge in [-0.1, -0.05) is 3.89 Å². The van der Waals surface area contributed by atoms with E-state index < -0.39 is 51.6 Å². The third kappa shape index (κ3) is 3.43. The molecule has 0 aliphatic rings. The highest BCUT2D eigenvalue weighted by molar-refractivity contribution is 7.87. The lowest BCUT2D eigenvalue weighted by atomic mass is 9.92. The van der Waals surface area contributed by atoms with Crippen molar-refractivity contribution >= 4 is 10.2 Å². The highest BCUT2D eigenvalue weighted by Gasteiger charge is 2.77. The molecule has 0 amide bonds. The predicted molar refractivity (Wildman–Crippen MR) is 44.8 cm³/mol. The minimum absolute atomic E-state index is 4.18. The summed E-state index contributed by atoms with van der Waals surface area (Å²) < 4.78 is 168. The molecule has 22 heavy (non-hydrogen) atoms. The molecule has 0 heterocycles. The van der Waals surface area contributed by atoms with Crippen LogP contribution in [0.5, 0.6) is 0 Å². The first kappa shape index (κ1) is 20.9. The van der Waals surface area contributed by atoms with Gasteiger partial charge in [-0.15, -0.1) is 0 Å². The highest BCUT2D eigenvalue weighted by Crippen LogP contribution is 2.55. The van der Waals surface area contributed by atoms with Gasteiger partial charge in [-0.05, 0) is 0 Å². The summed E-state index contributed by atoms with van der Waals surface area (Å²) in [6, 6.07) is 0. The number of rotatable bonds is 5. The minimum Gasteiger partial charge on any atom is -0.226 e. The van der Waals surface area contributed by atoms with Crippen LogP contribution in [0.1, 0.15) is 6.42 Å². The van der Waals surface area contributed by atoms with E-state index in [1.54, 1.807) is 0 Å². The zero-order valence-corrected chi connectivity index (χ0v) is 10.3. The maximum atomic E-state index is 13.3. The Labute approximate surface area is 113 Å². The van der Waals surface area contributed by atoms with Crippen molar-refractivity contribution in [1.82, 2.24) is 0 Å². The largest absolute Gasteiger partial charge is 0.429 e. The zero-order chi connectivity index (χ0) is 18.4. The fraction of sp³-hybridized carbons (Fsp3) is 0.714. The van der Waals surface area contributed by atoms with Gasteiger partial charge in [0, 0.05) is 0 Å². The molecule has 0 aliphatic heterocycles. The number of allylic oxidation sites excluding steroid dienone is 1. The molecule has 1 atom stereocenters. The van der Waals surface area contributed by atoms with Crippen LogP contribution in [-0.2, 0) is 10.2 Å². The first-order valence-electron chi connectivity index (χ1n) is 4.48. The van der Waals surface area contributed by atoms with Gasteiger partial charge in [0.2, 0.25) is 5.83 Å². The van der Waals surface area contributed by atoms with Gasteiger partial charge < -0.3 is 0 Å². The molecule has 0 aromatic rings. The third-order valence-electron chi connectivity index (χ3n) is 2.19. The molecule has 132 valence electrons. The van der Waals surface area contributed by atoms with Gasteiger partial charge in [0.05, 0.1) is 6.42 Å². The van der Waals surface area contributed by atoms with Crippen molar-refractivity contribution in [3.63, 3.8) is 0 Å². The Morgan fingerprint density at radius 3 is 1.41 bits per heavy atom. The van der Waals surface area contributed by atoms with Gasteiger partial charge in [0.25, 0.3) is 5.67 Å². The van der Waals surface area contributed by atoms with Gasteiger partial charge in [0.15, 0.2) is 0 Å². The van der Waals surface area contributed by atoms with Gasteiger partial charge in [0.1, 0.15) is 0 Å². The van der Waals surface area contributed by atoms with Crippen LogP contribution in [0.25, 0.3) is 0 Å². The quantitative estimate of drug-likeness (QED) is 0.530. The normalized spacial score (nSPS) is 17.1. The molecule has 0 saturated carbocycles. The number of hydrogen-bond donors (Lipinski definition) is 0. The first-order chi connectivity index (χ1) is 9.31. The molecule has 15 heteroatoms. The average Bonchev–Trinajstić information content (AvgIpc) is 2.23. The second-order valence-electron chi connectivity index (χ2n) is 3.70. The van der Waals surface area contributed by atoms with Crippen molar-refractivity contribution in [2.45, 2.75) is 29.4 Å². The smallest absolute Gasteiger partial charge is 0.226 e. The van der Waals surface area contributed by atoms with Crippen molar-refractivity contribution in [2.24, 2.45) is 0 Å². The Bertz CT molecular complexity index is 557. The maximum absolute atomic E-state index is 13.3. The van der Waals surface area contributed by atoms with Crippen molar-refractivity contribution in [1.29, 1.82) is 0 Å². The standard InChI is InChI=1S/C7H2F12O2S/c8-2(3(9)10)6(14,15)4(11,7(16,17)18)1-5(12,13)22(19,20)21/h1H2. The van der Waals surface area contributed by atoms with Crippen molar-refractivity contribution in [3.05, 3.63) is 11.9 Å².